The van der Waals surface area contributed by atoms with E-state index in [-0.39, 0.29) is 11.9 Å². The first kappa shape index (κ1) is 23.0. The maximum Gasteiger partial charge on any atom is 0.266 e. The fourth-order valence-electron chi connectivity index (χ4n) is 4.19. The Balaban J connectivity index is 1.74. The third kappa shape index (κ3) is 4.91. The molecular weight excluding hydrogens is 438 g/mol. The maximum absolute atomic E-state index is 12.9. The molecule has 1 saturated heterocycles. The molecular formula is C25H31N3O2S2. The molecule has 0 radical (unpaired) electrons. The van der Waals surface area contributed by atoms with Crippen molar-refractivity contribution in [2.24, 2.45) is 0 Å². The average molecular weight is 470 g/mol. The molecule has 7 heteroatoms. The summed E-state index contributed by atoms with van der Waals surface area (Å²) in [5.41, 5.74) is 3.70. The number of carbonyl (C=O) groups excluding carboxylic acids is 1. The van der Waals surface area contributed by atoms with Crippen molar-refractivity contribution in [3.63, 3.8) is 0 Å². The molecule has 0 spiro atoms. The summed E-state index contributed by atoms with van der Waals surface area (Å²) in [6.07, 6.45) is 0. The van der Waals surface area contributed by atoms with Crippen LogP contribution in [-0.4, -0.2) is 55.5 Å². The van der Waals surface area contributed by atoms with Crippen LogP contribution in [0.15, 0.2) is 41.8 Å². The summed E-state index contributed by atoms with van der Waals surface area (Å²) in [6, 6.07) is 12.3. The van der Waals surface area contributed by atoms with Crippen LogP contribution in [0.2, 0.25) is 0 Å². The largest absolute Gasteiger partial charge is 0.494 e. The Hall–Kier alpha value is -2.19. The highest BCUT2D eigenvalue weighted by molar-refractivity contribution is 7.17. The smallest absolute Gasteiger partial charge is 0.266 e. The van der Waals surface area contributed by atoms with E-state index in [0.717, 1.165) is 41.8 Å². The van der Waals surface area contributed by atoms with Gasteiger partial charge in [-0.2, -0.15) is 0 Å². The molecule has 1 aliphatic heterocycles. The first-order valence-electron chi connectivity index (χ1n) is 11.1. The van der Waals surface area contributed by atoms with Gasteiger partial charge in [0, 0.05) is 36.6 Å². The predicted molar refractivity (Wildman–Crippen MR) is 135 cm³/mol. The minimum absolute atomic E-state index is 0.0358. The molecule has 2 aromatic heterocycles. The second-order valence-electron chi connectivity index (χ2n) is 8.20. The summed E-state index contributed by atoms with van der Waals surface area (Å²) in [7, 11) is 2.18. The first-order valence-corrected chi connectivity index (χ1v) is 12.8. The van der Waals surface area contributed by atoms with E-state index in [1.54, 1.807) is 11.3 Å². The molecule has 32 heavy (non-hydrogen) atoms. The second-order valence-corrected chi connectivity index (χ2v) is 10.4. The zero-order chi connectivity index (χ0) is 22.7. The van der Waals surface area contributed by atoms with Gasteiger partial charge in [-0.05, 0) is 62.5 Å². The van der Waals surface area contributed by atoms with E-state index in [9.17, 15) is 4.79 Å². The fraction of sp³-hybridized carbons (Fsp3) is 0.400. The molecule has 1 aromatic carbocycles. The number of benzene rings is 1. The number of piperazine rings is 1. The van der Waals surface area contributed by atoms with Crippen molar-refractivity contribution in [3.05, 3.63) is 68.2 Å². The zero-order valence-corrected chi connectivity index (χ0v) is 20.8. The van der Waals surface area contributed by atoms with Gasteiger partial charge in [-0.15, -0.1) is 22.7 Å². The number of amides is 1. The van der Waals surface area contributed by atoms with E-state index in [4.69, 9.17) is 4.74 Å². The minimum Gasteiger partial charge on any atom is -0.494 e. The summed E-state index contributed by atoms with van der Waals surface area (Å²) < 4.78 is 5.68. The number of ether oxygens (including phenoxy) is 1. The zero-order valence-electron chi connectivity index (χ0n) is 19.2. The third-order valence-corrected chi connectivity index (χ3v) is 8.09. The van der Waals surface area contributed by atoms with Crippen molar-refractivity contribution in [3.8, 4) is 5.75 Å². The molecule has 1 amide bonds. The van der Waals surface area contributed by atoms with Gasteiger partial charge >= 0.3 is 0 Å². The highest BCUT2D eigenvalue weighted by atomic mass is 32.1. The van der Waals surface area contributed by atoms with Crippen LogP contribution >= 0.6 is 22.7 Å². The topological polar surface area (TPSA) is 44.8 Å². The molecule has 1 unspecified atom stereocenters. The SMILES string of the molecule is CCOc1ccc(C(c2c(NC(=O)c3cccs3)sc(C)c2C)N2CCN(C)CC2)cc1. The van der Waals surface area contributed by atoms with Gasteiger partial charge in [-0.1, -0.05) is 18.2 Å². The molecule has 3 aromatic rings. The molecule has 1 aliphatic rings. The second kappa shape index (κ2) is 10.2. The molecule has 5 nitrogen and oxygen atoms in total. The Morgan fingerprint density at radius 3 is 2.47 bits per heavy atom. The summed E-state index contributed by atoms with van der Waals surface area (Å²) in [5.74, 6) is 0.851. The highest BCUT2D eigenvalue weighted by Crippen LogP contribution is 2.43. The molecule has 170 valence electrons. The van der Waals surface area contributed by atoms with Crippen LogP contribution in [0.1, 0.15) is 44.2 Å². The molecule has 0 bridgehead atoms. The Labute approximate surface area is 198 Å². The Morgan fingerprint density at radius 2 is 1.84 bits per heavy atom. The number of aryl methyl sites for hydroxylation is 1. The van der Waals surface area contributed by atoms with Crippen LogP contribution in [0, 0.1) is 13.8 Å². The van der Waals surface area contributed by atoms with Crippen molar-refractivity contribution >= 4 is 33.6 Å². The van der Waals surface area contributed by atoms with Crippen molar-refractivity contribution in [2.75, 3.05) is 45.2 Å². The number of rotatable bonds is 7. The van der Waals surface area contributed by atoms with Crippen molar-refractivity contribution in [1.82, 2.24) is 9.80 Å². The molecule has 1 atom stereocenters. The number of nitrogens with one attached hydrogen (secondary N) is 1. The van der Waals surface area contributed by atoms with Crippen molar-refractivity contribution in [2.45, 2.75) is 26.8 Å². The van der Waals surface area contributed by atoms with Crippen molar-refractivity contribution < 1.29 is 9.53 Å². The van der Waals surface area contributed by atoms with Crippen LogP contribution in [0.25, 0.3) is 0 Å². The maximum atomic E-state index is 12.9. The normalized spacial score (nSPS) is 16.1. The van der Waals surface area contributed by atoms with Crippen LogP contribution in [0.4, 0.5) is 5.00 Å². The fourth-order valence-corrected chi connectivity index (χ4v) is 5.90. The summed E-state index contributed by atoms with van der Waals surface area (Å²) in [4.78, 5) is 19.8. The predicted octanol–water partition coefficient (Wildman–Crippen LogP) is 5.41. The molecule has 1 N–H and O–H groups in total. The number of nitrogens with zero attached hydrogens (tertiary/aromatic N) is 2. The lowest BCUT2D eigenvalue weighted by Crippen LogP contribution is -2.46. The van der Waals surface area contributed by atoms with Gasteiger partial charge in [-0.3, -0.25) is 9.69 Å². The van der Waals surface area contributed by atoms with E-state index in [1.807, 2.05) is 24.4 Å². The van der Waals surface area contributed by atoms with E-state index >= 15 is 0 Å². The number of carbonyl (C=O) groups is 1. The van der Waals surface area contributed by atoms with Gasteiger partial charge in [0.1, 0.15) is 10.8 Å². The van der Waals surface area contributed by atoms with E-state index in [0.29, 0.717) is 6.61 Å². The summed E-state index contributed by atoms with van der Waals surface area (Å²) in [6.45, 7) is 11.0. The average Bonchev–Trinajstić information content (AvgIpc) is 3.41. The molecule has 4 rings (SSSR count). The monoisotopic (exact) mass is 469 g/mol. The standard InChI is InChI=1S/C25H31N3O2S2/c1-5-30-20-10-8-19(9-11-20)23(28-14-12-27(4)13-15-28)22-17(2)18(3)32-25(22)26-24(29)21-7-6-16-31-21/h6-11,16,23H,5,12-15H2,1-4H3,(H,26,29). The van der Waals surface area contributed by atoms with Gasteiger partial charge in [0.05, 0.1) is 17.5 Å². The van der Waals surface area contributed by atoms with Gasteiger partial charge in [0.25, 0.3) is 5.91 Å². The lowest BCUT2D eigenvalue weighted by molar-refractivity contribution is 0.103. The van der Waals surface area contributed by atoms with Gasteiger partial charge in [0.15, 0.2) is 0 Å². The minimum atomic E-state index is -0.0358. The van der Waals surface area contributed by atoms with Crippen LogP contribution in [0.5, 0.6) is 5.75 Å². The summed E-state index contributed by atoms with van der Waals surface area (Å²) >= 11 is 3.15. The molecule has 0 aliphatic carbocycles. The Morgan fingerprint density at radius 1 is 1.12 bits per heavy atom. The Bertz CT molecular complexity index is 1040. The number of hydrogen-bond acceptors (Lipinski definition) is 6. The first-order chi connectivity index (χ1) is 15.5. The lowest BCUT2D eigenvalue weighted by atomic mass is 9.94. The van der Waals surface area contributed by atoms with Crippen molar-refractivity contribution in [1.29, 1.82) is 0 Å². The van der Waals surface area contributed by atoms with Crippen LogP contribution < -0.4 is 10.1 Å². The molecule has 3 heterocycles. The third-order valence-electron chi connectivity index (χ3n) is 6.09. The lowest BCUT2D eigenvalue weighted by Gasteiger charge is -2.39. The Kier molecular flexibility index (Phi) is 7.30. The number of likely N-dealkylation sites (N-methyl/N-ethyl adjacent to an activating group) is 1. The highest BCUT2D eigenvalue weighted by Gasteiger charge is 2.31. The van der Waals surface area contributed by atoms with Gasteiger partial charge in [-0.25, -0.2) is 0 Å². The van der Waals surface area contributed by atoms with Gasteiger partial charge < -0.3 is 15.0 Å². The van der Waals surface area contributed by atoms with Gasteiger partial charge in [0.2, 0.25) is 0 Å². The van der Waals surface area contributed by atoms with E-state index in [2.05, 4.69) is 60.3 Å². The van der Waals surface area contributed by atoms with Crippen LogP contribution in [0.3, 0.4) is 0 Å². The summed E-state index contributed by atoms with van der Waals surface area (Å²) in [5, 5.41) is 6.13. The number of thiophene rings is 2. The van der Waals surface area contributed by atoms with Crippen LogP contribution in [-0.2, 0) is 0 Å². The van der Waals surface area contributed by atoms with E-state index in [1.165, 1.54) is 32.9 Å². The molecule has 1 fully saturated rings. The number of hydrogen-bond donors (Lipinski definition) is 1. The number of anilines is 1. The molecule has 0 saturated carbocycles. The van der Waals surface area contributed by atoms with E-state index < -0.39 is 0 Å². The quantitative estimate of drug-likeness (QED) is 0.502.